The van der Waals surface area contributed by atoms with Crippen molar-refractivity contribution in [3.05, 3.63) is 12.2 Å². The fraction of sp³-hybridized carbons (Fsp3) is 0.750. The average Bonchev–Trinajstić information content (AvgIpc) is 2.78. The molecule has 7 heteroatoms. The molecule has 0 aliphatic rings. The second kappa shape index (κ2) is 7.08. The lowest BCUT2D eigenvalue weighted by molar-refractivity contribution is 0.304. The van der Waals surface area contributed by atoms with Crippen LogP contribution in [0.5, 0.6) is 0 Å². The van der Waals surface area contributed by atoms with Crippen molar-refractivity contribution in [2.24, 2.45) is 23.4 Å². The molecule has 1 rings (SSSR count). The quantitative estimate of drug-likeness (QED) is 0.213. The van der Waals surface area contributed by atoms with Gasteiger partial charge in [0.15, 0.2) is 0 Å². The highest BCUT2D eigenvalue weighted by atomic mass is 16.4. The van der Waals surface area contributed by atoms with Crippen LogP contribution in [0.2, 0.25) is 0 Å². The van der Waals surface area contributed by atoms with Gasteiger partial charge in [-0.3, -0.25) is 0 Å². The molecule has 0 spiro atoms. The summed E-state index contributed by atoms with van der Waals surface area (Å²) in [6, 6.07) is 0. The molecule has 0 aliphatic heterocycles. The molecule has 1 heterocycles. The second-order valence-corrected chi connectivity index (χ2v) is 5.36. The van der Waals surface area contributed by atoms with Gasteiger partial charge in [-0.25, -0.2) is 0 Å². The van der Waals surface area contributed by atoms with Gasteiger partial charge in [-0.2, -0.15) is 0 Å². The van der Waals surface area contributed by atoms with Gasteiger partial charge >= 0.3 is 0 Å². The van der Waals surface area contributed by atoms with Crippen molar-refractivity contribution in [2.45, 2.75) is 39.7 Å². The number of aromatic nitrogens is 3. The minimum Gasteiger partial charge on any atom is -0.409 e. The average molecular weight is 268 g/mol. The molecule has 4 N–H and O–H groups in total. The zero-order valence-electron chi connectivity index (χ0n) is 11.9. The van der Waals surface area contributed by atoms with E-state index in [-0.39, 0.29) is 5.41 Å². The van der Waals surface area contributed by atoms with Crippen LogP contribution in [0.4, 0.5) is 0 Å². The van der Waals surface area contributed by atoms with Crippen molar-refractivity contribution in [1.29, 1.82) is 0 Å². The lowest BCUT2D eigenvalue weighted by Crippen LogP contribution is -2.32. The van der Waals surface area contributed by atoms with E-state index >= 15 is 0 Å². The van der Waals surface area contributed by atoms with Crippen LogP contribution in [0.25, 0.3) is 0 Å². The Labute approximate surface area is 113 Å². The molecular formula is C12H24N6O. The fourth-order valence-electron chi connectivity index (χ4n) is 1.75. The van der Waals surface area contributed by atoms with E-state index in [1.54, 1.807) is 6.33 Å². The summed E-state index contributed by atoms with van der Waals surface area (Å²) in [5.41, 5.74) is 5.39. The molecule has 0 radical (unpaired) electrons. The molecule has 0 saturated carbocycles. The van der Waals surface area contributed by atoms with Crippen molar-refractivity contribution in [1.82, 2.24) is 20.1 Å². The highest BCUT2D eigenvalue weighted by Crippen LogP contribution is 2.22. The van der Waals surface area contributed by atoms with Crippen molar-refractivity contribution < 1.29 is 5.21 Å². The third-order valence-corrected chi connectivity index (χ3v) is 3.29. The zero-order chi connectivity index (χ0) is 14.3. The predicted molar refractivity (Wildman–Crippen MR) is 73.8 cm³/mol. The van der Waals surface area contributed by atoms with Crippen molar-refractivity contribution in [2.75, 3.05) is 6.54 Å². The summed E-state index contributed by atoms with van der Waals surface area (Å²) in [7, 11) is 1.93. The molecule has 0 saturated heterocycles. The van der Waals surface area contributed by atoms with Crippen LogP contribution in [0, 0.1) is 5.41 Å². The number of unbranched alkanes of at least 4 members (excludes halogenated alkanes) is 1. The van der Waals surface area contributed by atoms with Crippen LogP contribution in [0.15, 0.2) is 11.5 Å². The molecule has 0 atom stereocenters. The minimum atomic E-state index is -0.252. The predicted octanol–water partition coefficient (Wildman–Crippen LogP) is 0.848. The number of rotatable bonds is 8. The number of oxime groups is 1. The van der Waals surface area contributed by atoms with Crippen molar-refractivity contribution in [3.63, 3.8) is 0 Å². The molecule has 1 aromatic rings. The monoisotopic (exact) mass is 268 g/mol. The molecule has 108 valence electrons. The standard InChI is InChI=1S/C12H24N6O/c1-12(2,11(13)17-19)6-4-5-7-14-8-10-16-15-9-18(10)3/h9,14,19H,4-8H2,1-3H3,(H2,13,17). The third-order valence-electron chi connectivity index (χ3n) is 3.29. The Morgan fingerprint density at radius 1 is 1.53 bits per heavy atom. The minimum absolute atomic E-state index is 0.252. The van der Waals surface area contributed by atoms with Gasteiger partial charge in [-0.1, -0.05) is 25.4 Å². The van der Waals surface area contributed by atoms with Crippen LogP contribution in [0.3, 0.4) is 0 Å². The molecule has 0 aromatic carbocycles. The first-order valence-corrected chi connectivity index (χ1v) is 6.49. The zero-order valence-corrected chi connectivity index (χ0v) is 11.9. The smallest absolute Gasteiger partial charge is 0.146 e. The van der Waals surface area contributed by atoms with E-state index in [4.69, 9.17) is 10.9 Å². The van der Waals surface area contributed by atoms with Crippen molar-refractivity contribution >= 4 is 5.84 Å². The number of hydrogen-bond donors (Lipinski definition) is 3. The molecule has 0 bridgehead atoms. The Bertz CT molecular complexity index is 412. The fourth-order valence-corrected chi connectivity index (χ4v) is 1.75. The first-order chi connectivity index (χ1) is 8.97. The molecule has 0 fully saturated rings. The topological polar surface area (TPSA) is 101 Å². The van der Waals surface area contributed by atoms with E-state index in [9.17, 15) is 0 Å². The van der Waals surface area contributed by atoms with Crippen LogP contribution in [-0.4, -0.2) is 32.4 Å². The normalized spacial score (nSPS) is 12.9. The number of nitrogens with two attached hydrogens (primary N) is 1. The van der Waals surface area contributed by atoms with Gasteiger partial charge in [0, 0.05) is 12.5 Å². The lowest BCUT2D eigenvalue weighted by Gasteiger charge is -2.22. The maximum absolute atomic E-state index is 8.68. The lowest BCUT2D eigenvalue weighted by atomic mass is 9.86. The van der Waals surface area contributed by atoms with Crippen LogP contribution in [0.1, 0.15) is 38.9 Å². The molecule has 1 aromatic heterocycles. The Hall–Kier alpha value is -1.63. The SMILES string of the molecule is Cn1cnnc1CNCCCCC(C)(C)C(N)=NO. The Kier molecular flexibility index (Phi) is 5.75. The first kappa shape index (κ1) is 15.4. The highest BCUT2D eigenvalue weighted by Gasteiger charge is 2.22. The molecule has 0 unspecified atom stereocenters. The van der Waals surface area contributed by atoms with Crippen molar-refractivity contribution in [3.8, 4) is 0 Å². The number of aryl methyl sites for hydroxylation is 1. The van der Waals surface area contributed by atoms with E-state index in [1.165, 1.54) is 0 Å². The summed E-state index contributed by atoms with van der Waals surface area (Å²) in [5, 5.41) is 22.9. The molecule has 19 heavy (non-hydrogen) atoms. The highest BCUT2D eigenvalue weighted by molar-refractivity contribution is 5.85. The van der Waals surface area contributed by atoms with E-state index in [0.717, 1.165) is 38.2 Å². The number of nitrogens with one attached hydrogen (secondary N) is 1. The van der Waals surface area contributed by atoms with Gasteiger partial charge in [-0.15, -0.1) is 10.2 Å². The summed E-state index contributed by atoms with van der Waals surface area (Å²) in [6.07, 6.45) is 4.65. The Balaban J connectivity index is 2.14. The number of hydrogen-bond acceptors (Lipinski definition) is 5. The van der Waals surface area contributed by atoms with Crippen LogP contribution >= 0.6 is 0 Å². The summed E-state index contributed by atoms with van der Waals surface area (Å²) < 4.78 is 1.90. The summed E-state index contributed by atoms with van der Waals surface area (Å²) in [5.74, 6) is 1.22. The van der Waals surface area contributed by atoms with E-state index < -0.39 is 0 Å². The maximum atomic E-state index is 8.68. The summed E-state index contributed by atoms with van der Waals surface area (Å²) in [4.78, 5) is 0. The van der Waals surface area contributed by atoms with Gasteiger partial charge in [0.2, 0.25) is 0 Å². The van der Waals surface area contributed by atoms with Gasteiger partial charge < -0.3 is 20.8 Å². The van der Waals surface area contributed by atoms with E-state index in [0.29, 0.717) is 5.84 Å². The van der Waals surface area contributed by atoms with Crippen LogP contribution in [-0.2, 0) is 13.6 Å². The molecular weight excluding hydrogens is 244 g/mol. The van der Waals surface area contributed by atoms with Crippen LogP contribution < -0.4 is 11.1 Å². The first-order valence-electron chi connectivity index (χ1n) is 6.49. The van der Waals surface area contributed by atoms with Gasteiger partial charge in [0.05, 0.1) is 6.54 Å². The van der Waals surface area contributed by atoms with E-state index in [1.807, 2.05) is 25.5 Å². The maximum Gasteiger partial charge on any atom is 0.146 e. The van der Waals surface area contributed by atoms with Gasteiger partial charge in [0.25, 0.3) is 0 Å². The third kappa shape index (κ3) is 4.86. The largest absolute Gasteiger partial charge is 0.409 e. The van der Waals surface area contributed by atoms with Gasteiger partial charge in [0.1, 0.15) is 18.0 Å². The number of amidine groups is 1. The molecule has 7 nitrogen and oxygen atoms in total. The number of nitrogens with zero attached hydrogens (tertiary/aromatic N) is 4. The Morgan fingerprint density at radius 2 is 2.26 bits per heavy atom. The molecule has 0 aliphatic carbocycles. The van der Waals surface area contributed by atoms with E-state index in [2.05, 4.69) is 20.7 Å². The summed E-state index contributed by atoms with van der Waals surface area (Å²) in [6.45, 7) is 5.60. The van der Waals surface area contributed by atoms with Gasteiger partial charge in [-0.05, 0) is 19.4 Å². The second-order valence-electron chi connectivity index (χ2n) is 5.36. The summed E-state index contributed by atoms with van der Waals surface area (Å²) >= 11 is 0. The Morgan fingerprint density at radius 3 is 2.84 bits per heavy atom. The molecule has 0 amide bonds.